The summed E-state index contributed by atoms with van der Waals surface area (Å²) >= 11 is 0. The first-order valence-corrected chi connectivity index (χ1v) is 4.86. The zero-order valence-corrected chi connectivity index (χ0v) is 9.55. The van der Waals surface area contributed by atoms with Crippen LogP contribution in [0.3, 0.4) is 0 Å². The first-order valence-electron chi connectivity index (χ1n) is 4.86. The molecule has 1 aromatic rings. The number of nitrogens with zero attached hydrogens (tertiary/aromatic N) is 2. The molecule has 0 saturated carbocycles. The topological polar surface area (TPSA) is 17.8 Å². The molecule has 0 atom stereocenters. The predicted molar refractivity (Wildman–Crippen MR) is 56.0 cm³/mol. The Morgan fingerprint density at radius 2 is 1.85 bits per heavy atom. The standard InChI is InChI=1S/C11H20N2/c1-8(2)10-9(11(3,4)5)7-13(6)12-10/h7-8H,1-6H3. The van der Waals surface area contributed by atoms with Crippen LogP contribution in [0, 0.1) is 0 Å². The van der Waals surface area contributed by atoms with Crippen molar-refractivity contribution in [1.82, 2.24) is 9.78 Å². The van der Waals surface area contributed by atoms with Gasteiger partial charge in [-0.3, -0.25) is 4.68 Å². The molecule has 0 saturated heterocycles. The fourth-order valence-corrected chi connectivity index (χ4v) is 1.51. The van der Waals surface area contributed by atoms with E-state index in [0.717, 1.165) is 0 Å². The molecule has 1 rings (SSSR count). The van der Waals surface area contributed by atoms with Gasteiger partial charge in [-0.15, -0.1) is 0 Å². The molecule has 74 valence electrons. The van der Waals surface area contributed by atoms with Crippen molar-refractivity contribution in [3.8, 4) is 0 Å². The Hall–Kier alpha value is -0.790. The maximum absolute atomic E-state index is 4.49. The smallest absolute Gasteiger partial charge is 0.0687 e. The molecule has 0 radical (unpaired) electrons. The van der Waals surface area contributed by atoms with Crippen molar-refractivity contribution in [3.05, 3.63) is 17.5 Å². The molecule has 1 aromatic heterocycles. The van der Waals surface area contributed by atoms with Gasteiger partial charge in [0.05, 0.1) is 5.69 Å². The second-order valence-corrected chi connectivity index (χ2v) is 5.01. The molecule has 0 fully saturated rings. The first-order chi connectivity index (χ1) is 5.82. The lowest BCUT2D eigenvalue weighted by Crippen LogP contribution is -2.13. The van der Waals surface area contributed by atoms with Crippen molar-refractivity contribution in [2.24, 2.45) is 7.05 Å². The maximum Gasteiger partial charge on any atom is 0.0687 e. The monoisotopic (exact) mass is 180 g/mol. The molecule has 2 heteroatoms. The van der Waals surface area contributed by atoms with E-state index in [1.54, 1.807) is 0 Å². The summed E-state index contributed by atoms with van der Waals surface area (Å²) in [6.07, 6.45) is 2.13. The Bertz CT molecular complexity index is 290. The van der Waals surface area contributed by atoms with Crippen molar-refractivity contribution >= 4 is 0 Å². The molecule has 0 amide bonds. The van der Waals surface area contributed by atoms with Crippen LogP contribution in [0.1, 0.15) is 51.8 Å². The number of aryl methyl sites for hydroxylation is 1. The van der Waals surface area contributed by atoms with E-state index in [0.29, 0.717) is 5.92 Å². The average Bonchev–Trinajstić information content (AvgIpc) is 2.29. The lowest BCUT2D eigenvalue weighted by atomic mass is 9.85. The summed E-state index contributed by atoms with van der Waals surface area (Å²) in [5.74, 6) is 0.510. The average molecular weight is 180 g/mol. The third kappa shape index (κ3) is 2.11. The van der Waals surface area contributed by atoms with Crippen LogP contribution in [-0.2, 0) is 12.5 Å². The normalized spacial score (nSPS) is 12.5. The van der Waals surface area contributed by atoms with Gasteiger partial charge in [0, 0.05) is 13.2 Å². The fourth-order valence-electron chi connectivity index (χ4n) is 1.51. The molecule has 0 N–H and O–H groups in total. The van der Waals surface area contributed by atoms with Gasteiger partial charge in [-0.1, -0.05) is 34.6 Å². The third-order valence-corrected chi connectivity index (χ3v) is 2.21. The Labute approximate surface area is 81.0 Å². The van der Waals surface area contributed by atoms with Crippen LogP contribution < -0.4 is 0 Å². The van der Waals surface area contributed by atoms with Crippen molar-refractivity contribution in [2.45, 2.75) is 46.0 Å². The maximum atomic E-state index is 4.49. The highest BCUT2D eigenvalue weighted by Crippen LogP contribution is 2.28. The van der Waals surface area contributed by atoms with E-state index in [1.807, 2.05) is 11.7 Å². The van der Waals surface area contributed by atoms with E-state index in [2.05, 4.69) is 45.9 Å². The largest absolute Gasteiger partial charge is 0.275 e. The molecule has 1 heterocycles. The minimum absolute atomic E-state index is 0.202. The minimum Gasteiger partial charge on any atom is -0.275 e. The number of hydrogen-bond donors (Lipinski definition) is 0. The molecule has 13 heavy (non-hydrogen) atoms. The van der Waals surface area contributed by atoms with Gasteiger partial charge in [-0.2, -0.15) is 5.10 Å². The number of hydrogen-bond acceptors (Lipinski definition) is 1. The summed E-state index contributed by atoms with van der Waals surface area (Å²) in [5.41, 5.74) is 2.80. The highest BCUT2D eigenvalue weighted by atomic mass is 15.3. The van der Waals surface area contributed by atoms with Crippen LogP contribution in [0.5, 0.6) is 0 Å². The second-order valence-electron chi connectivity index (χ2n) is 5.01. The summed E-state index contributed by atoms with van der Waals surface area (Å²) in [4.78, 5) is 0. The van der Waals surface area contributed by atoms with Crippen LogP contribution in [0.2, 0.25) is 0 Å². The zero-order chi connectivity index (χ0) is 10.2. The lowest BCUT2D eigenvalue weighted by Gasteiger charge is -2.19. The summed E-state index contributed by atoms with van der Waals surface area (Å²) in [6, 6.07) is 0. The Morgan fingerprint density at radius 3 is 2.15 bits per heavy atom. The van der Waals surface area contributed by atoms with E-state index in [1.165, 1.54) is 11.3 Å². The molecule has 0 aliphatic carbocycles. The van der Waals surface area contributed by atoms with Crippen molar-refractivity contribution < 1.29 is 0 Å². The number of rotatable bonds is 1. The van der Waals surface area contributed by atoms with Crippen LogP contribution in [-0.4, -0.2) is 9.78 Å². The number of aromatic nitrogens is 2. The van der Waals surface area contributed by atoms with Crippen LogP contribution in [0.25, 0.3) is 0 Å². The van der Waals surface area contributed by atoms with E-state index >= 15 is 0 Å². The Balaban J connectivity index is 3.20. The predicted octanol–water partition coefficient (Wildman–Crippen LogP) is 2.84. The molecule has 0 aliphatic rings. The zero-order valence-electron chi connectivity index (χ0n) is 9.55. The molecule has 0 aliphatic heterocycles. The van der Waals surface area contributed by atoms with Crippen molar-refractivity contribution in [3.63, 3.8) is 0 Å². The highest BCUT2D eigenvalue weighted by molar-refractivity contribution is 5.27. The van der Waals surface area contributed by atoms with Crippen LogP contribution in [0.4, 0.5) is 0 Å². The van der Waals surface area contributed by atoms with E-state index in [4.69, 9.17) is 0 Å². The van der Waals surface area contributed by atoms with Crippen molar-refractivity contribution in [2.75, 3.05) is 0 Å². The van der Waals surface area contributed by atoms with Crippen LogP contribution >= 0.6 is 0 Å². The molecule has 2 nitrogen and oxygen atoms in total. The van der Waals surface area contributed by atoms with Gasteiger partial charge in [-0.25, -0.2) is 0 Å². The minimum atomic E-state index is 0.202. The summed E-state index contributed by atoms with van der Waals surface area (Å²) in [6.45, 7) is 11.1. The van der Waals surface area contributed by atoms with Gasteiger partial charge in [0.1, 0.15) is 0 Å². The molecule has 0 unspecified atom stereocenters. The first kappa shape index (κ1) is 10.3. The van der Waals surface area contributed by atoms with Crippen molar-refractivity contribution in [1.29, 1.82) is 0 Å². The SMILES string of the molecule is CC(C)c1nn(C)cc1C(C)(C)C. The molecule has 0 aromatic carbocycles. The molecule has 0 spiro atoms. The molecular formula is C11H20N2. The molecular weight excluding hydrogens is 160 g/mol. The van der Waals surface area contributed by atoms with E-state index in [-0.39, 0.29) is 5.41 Å². The van der Waals surface area contributed by atoms with E-state index in [9.17, 15) is 0 Å². The third-order valence-electron chi connectivity index (χ3n) is 2.21. The van der Waals surface area contributed by atoms with Gasteiger partial charge < -0.3 is 0 Å². The van der Waals surface area contributed by atoms with Gasteiger partial charge in [-0.05, 0) is 16.9 Å². The lowest BCUT2D eigenvalue weighted by molar-refractivity contribution is 0.576. The summed E-state index contributed by atoms with van der Waals surface area (Å²) in [7, 11) is 1.99. The van der Waals surface area contributed by atoms with Crippen LogP contribution in [0.15, 0.2) is 6.20 Å². The van der Waals surface area contributed by atoms with Gasteiger partial charge >= 0.3 is 0 Å². The van der Waals surface area contributed by atoms with Gasteiger partial charge in [0.15, 0.2) is 0 Å². The van der Waals surface area contributed by atoms with Gasteiger partial charge in [0.25, 0.3) is 0 Å². The molecule has 0 bridgehead atoms. The Morgan fingerprint density at radius 1 is 1.31 bits per heavy atom. The highest BCUT2D eigenvalue weighted by Gasteiger charge is 2.22. The quantitative estimate of drug-likeness (QED) is 0.650. The summed E-state index contributed by atoms with van der Waals surface area (Å²) < 4.78 is 1.91. The van der Waals surface area contributed by atoms with E-state index < -0.39 is 0 Å². The second kappa shape index (κ2) is 3.17. The fraction of sp³-hybridized carbons (Fsp3) is 0.727. The van der Waals surface area contributed by atoms with Gasteiger partial charge in [0.2, 0.25) is 0 Å². The summed E-state index contributed by atoms with van der Waals surface area (Å²) in [5, 5.41) is 4.49. The Kier molecular flexibility index (Phi) is 2.51.